The van der Waals surface area contributed by atoms with Crippen LogP contribution in [0.25, 0.3) is 67.3 Å². The predicted molar refractivity (Wildman–Crippen MR) is 210 cm³/mol. The first-order valence-electron chi connectivity index (χ1n) is 17.8. The monoisotopic (exact) mass is 666 g/mol. The second-order valence-electron chi connectivity index (χ2n) is 13.9. The lowest BCUT2D eigenvalue weighted by Crippen LogP contribution is -2.25. The highest BCUT2D eigenvalue weighted by Crippen LogP contribution is 2.63. The van der Waals surface area contributed by atoms with Crippen LogP contribution in [-0.4, -0.2) is 19.9 Å². The Hall–Kier alpha value is -6.52. The molecule has 2 aliphatic carbocycles. The van der Waals surface area contributed by atoms with Gasteiger partial charge in [-0.15, -0.1) is 0 Å². The van der Waals surface area contributed by atoms with Gasteiger partial charge >= 0.3 is 0 Å². The van der Waals surface area contributed by atoms with Gasteiger partial charge in [0.25, 0.3) is 0 Å². The molecule has 0 saturated carbocycles. The number of aromatic nitrogens is 4. The minimum Gasteiger partial charge on any atom is -0.264 e. The smallest absolute Gasteiger partial charge is 0.163 e. The summed E-state index contributed by atoms with van der Waals surface area (Å²) in [6, 6.07) is 50.6. The summed E-state index contributed by atoms with van der Waals surface area (Å²) in [4.78, 5) is 19.2. The van der Waals surface area contributed by atoms with Crippen LogP contribution in [0, 0.1) is 20.8 Å². The minimum absolute atomic E-state index is 0.493. The van der Waals surface area contributed by atoms with E-state index in [9.17, 15) is 0 Å². The summed E-state index contributed by atoms with van der Waals surface area (Å²) in [7, 11) is 0. The number of pyridine rings is 1. The lowest BCUT2D eigenvalue weighted by molar-refractivity contribution is 0.794. The third-order valence-corrected chi connectivity index (χ3v) is 11.1. The first kappa shape index (κ1) is 30.3. The largest absolute Gasteiger partial charge is 0.264 e. The Morgan fingerprint density at radius 1 is 0.385 bits per heavy atom. The molecule has 10 rings (SSSR count). The number of fused-ring (bicyclic) bond motifs is 10. The molecule has 0 amide bonds. The second-order valence-corrected chi connectivity index (χ2v) is 13.9. The van der Waals surface area contributed by atoms with Crippen molar-refractivity contribution in [1.82, 2.24) is 19.9 Å². The fourth-order valence-corrected chi connectivity index (χ4v) is 8.65. The third kappa shape index (κ3) is 4.34. The van der Waals surface area contributed by atoms with Gasteiger partial charge in [-0.1, -0.05) is 127 Å². The number of rotatable bonds is 4. The van der Waals surface area contributed by atoms with Gasteiger partial charge in [0.1, 0.15) is 5.82 Å². The standard InChI is InChI=1S/C48H34N4/c1-29-27-49-28-41(30(29)2)36-16-8-7-15-35(36)33-22-24-44-40(25-33)39-23-21-34(47-51-31(3)50-46(52-47)32-13-5-4-6-14-32)26-45(39)48(44)42-19-11-9-17-37(42)38-18-10-12-20-43(38)48/h4-28H,1-3H3. The summed E-state index contributed by atoms with van der Waals surface area (Å²) >= 11 is 0. The average Bonchev–Trinajstić information content (AvgIpc) is 3.66. The maximum absolute atomic E-state index is 5.03. The molecule has 0 atom stereocenters. The van der Waals surface area contributed by atoms with E-state index in [2.05, 4.69) is 128 Å². The quantitative estimate of drug-likeness (QED) is 0.188. The van der Waals surface area contributed by atoms with Crippen molar-refractivity contribution < 1.29 is 0 Å². The predicted octanol–water partition coefficient (Wildman–Crippen LogP) is 11.2. The van der Waals surface area contributed by atoms with Gasteiger partial charge in [0.15, 0.2) is 11.6 Å². The Bertz CT molecular complexity index is 2680. The molecule has 8 aromatic rings. The normalized spacial score (nSPS) is 13.1. The number of aryl methyl sites for hydroxylation is 2. The molecule has 0 bridgehead atoms. The van der Waals surface area contributed by atoms with E-state index in [1.54, 1.807) is 0 Å². The topological polar surface area (TPSA) is 51.6 Å². The molecule has 2 aromatic heterocycles. The number of nitrogens with zero attached hydrogens (tertiary/aromatic N) is 4. The first-order chi connectivity index (χ1) is 25.5. The van der Waals surface area contributed by atoms with E-state index < -0.39 is 5.41 Å². The summed E-state index contributed by atoms with van der Waals surface area (Å²) in [5, 5.41) is 0. The van der Waals surface area contributed by atoms with E-state index >= 15 is 0 Å². The molecule has 0 unspecified atom stereocenters. The Kier molecular flexibility index (Phi) is 6.71. The lowest BCUT2D eigenvalue weighted by atomic mass is 9.70. The Labute approximate surface area is 303 Å². The summed E-state index contributed by atoms with van der Waals surface area (Å²) in [6.07, 6.45) is 3.94. The highest BCUT2D eigenvalue weighted by Gasteiger charge is 2.51. The lowest BCUT2D eigenvalue weighted by Gasteiger charge is -2.30. The van der Waals surface area contributed by atoms with E-state index in [-0.39, 0.29) is 0 Å². The van der Waals surface area contributed by atoms with Crippen LogP contribution in [0.4, 0.5) is 0 Å². The minimum atomic E-state index is -0.493. The highest BCUT2D eigenvalue weighted by molar-refractivity contribution is 5.97. The van der Waals surface area contributed by atoms with Crippen molar-refractivity contribution in [2.75, 3.05) is 0 Å². The second kappa shape index (κ2) is 11.5. The highest BCUT2D eigenvalue weighted by atomic mass is 15.0. The van der Waals surface area contributed by atoms with Gasteiger partial charge in [-0.25, -0.2) is 15.0 Å². The molecular formula is C48H34N4. The maximum atomic E-state index is 5.03. The molecule has 0 N–H and O–H groups in total. The third-order valence-electron chi connectivity index (χ3n) is 11.1. The van der Waals surface area contributed by atoms with E-state index in [0.717, 1.165) is 11.1 Å². The van der Waals surface area contributed by atoms with E-state index in [0.29, 0.717) is 17.5 Å². The Morgan fingerprint density at radius 2 is 0.962 bits per heavy atom. The Morgan fingerprint density at radius 3 is 1.69 bits per heavy atom. The van der Waals surface area contributed by atoms with E-state index in [1.165, 1.54) is 77.9 Å². The molecule has 2 heterocycles. The molecule has 4 heteroatoms. The number of hydrogen-bond acceptors (Lipinski definition) is 4. The molecule has 4 nitrogen and oxygen atoms in total. The van der Waals surface area contributed by atoms with Gasteiger partial charge < -0.3 is 0 Å². The number of hydrogen-bond donors (Lipinski definition) is 0. The van der Waals surface area contributed by atoms with Crippen molar-refractivity contribution in [3.05, 3.63) is 191 Å². The number of benzene rings is 6. The molecule has 0 radical (unpaired) electrons. The molecular weight excluding hydrogens is 633 g/mol. The zero-order valence-corrected chi connectivity index (χ0v) is 29.2. The van der Waals surface area contributed by atoms with Crippen LogP contribution in [0.15, 0.2) is 152 Å². The molecule has 0 saturated heterocycles. The van der Waals surface area contributed by atoms with Crippen molar-refractivity contribution in [3.63, 3.8) is 0 Å². The van der Waals surface area contributed by atoms with E-state index in [1.807, 2.05) is 49.6 Å². The van der Waals surface area contributed by atoms with Crippen LogP contribution in [0.2, 0.25) is 0 Å². The molecule has 52 heavy (non-hydrogen) atoms. The van der Waals surface area contributed by atoms with Crippen LogP contribution in [0.5, 0.6) is 0 Å². The first-order valence-corrected chi connectivity index (χ1v) is 17.8. The van der Waals surface area contributed by atoms with Gasteiger partial charge in [0.05, 0.1) is 5.41 Å². The van der Waals surface area contributed by atoms with Gasteiger partial charge in [0, 0.05) is 29.1 Å². The molecule has 0 aliphatic heterocycles. The summed E-state index contributed by atoms with van der Waals surface area (Å²) < 4.78 is 0. The van der Waals surface area contributed by atoms with Crippen molar-refractivity contribution >= 4 is 0 Å². The van der Waals surface area contributed by atoms with E-state index in [4.69, 9.17) is 15.0 Å². The van der Waals surface area contributed by atoms with Crippen molar-refractivity contribution in [2.45, 2.75) is 26.2 Å². The SMILES string of the molecule is Cc1nc(-c2ccccc2)nc(-c2ccc3c(c2)C2(c4ccccc4-c4ccccc42)c2ccc(-c4ccccc4-c4cncc(C)c4C)cc2-3)n1. The summed E-state index contributed by atoms with van der Waals surface area (Å²) in [6.45, 7) is 6.27. The van der Waals surface area contributed by atoms with Crippen LogP contribution in [-0.2, 0) is 5.41 Å². The fraction of sp³-hybridized carbons (Fsp3) is 0.0833. The zero-order chi connectivity index (χ0) is 35.0. The zero-order valence-electron chi connectivity index (χ0n) is 29.2. The van der Waals surface area contributed by atoms with Crippen LogP contribution in [0.1, 0.15) is 39.2 Å². The van der Waals surface area contributed by atoms with Crippen molar-refractivity contribution in [3.8, 4) is 67.3 Å². The van der Waals surface area contributed by atoms with Gasteiger partial charge in [0.2, 0.25) is 0 Å². The molecule has 6 aromatic carbocycles. The van der Waals surface area contributed by atoms with Gasteiger partial charge in [-0.05, 0) is 105 Å². The van der Waals surface area contributed by atoms with Crippen molar-refractivity contribution in [2.24, 2.45) is 0 Å². The molecule has 1 spiro atoms. The van der Waals surface area contributed by atoms with Crippen LogP contribution in [0.3, 0.4) is 0 Å². The van der Waals surface area contributed by atoms with Gasteiger partial charge in [-0.2, -0.15) is 0 Å². The molecule has 0 fully saturated rings. The molecule has 246 valence electrons. The summed E-state index contributed by atoms with van der Waals surface area (Å²) in [5.74, 6) is 2.05. The maximum Gasteiger partial charge on any atom is 0.163 e. The fourth-order valence-electron chi connectivity index (χ4n) is 8.65. The Balaban J connectivity index is 1.23. The summed E-state index contributed by atoms with van der Waals surface area (Å²) in [5.41, 5.74) is 18.8. The molecule has 2 aliphatic rings. The average molecular weight is 667 g/mol. The van der Waals surface area contributed by atoms with Crippen molar-refractivity contribution in [1.29, 1.82) is 0 Å². The van der Waals surface area contributed by atoms with Crippen LogP contribution < -0.4 is 0 Å². The van der Waals surface area contributed by atoms with Crippen LogP contribution >= 0.6 is 0 Å². The van der Waals surface area contributed by atoms with Gasteiger partial charge in [-0.3, -0.25) is 4.98 Å².